The van der Waals surface area contributed by atoms with Crippen molar-refractivity contribution in [2.24, 2.45) is 11.3 Å². The molecule has 1 aromatic rings. The van der Waals surface area contributed by atoms with Crippen molar-refractivity contribution in [2.45, 2.75) is 26.2 Å². The van der Waals surface area contributed by atoms with E-state index in [-0.39, 0.29) is 0 Å². The molecule has 0 unspecified atom stereocenters. The Morgan fingerprint density at radius 3 is 2.65 bits per heavy atom. The third kappa shape index (κ3) is 2.16. The third-order valence-corrected chi connectivity index (χ3v) is 5.24. The zero-order valence-corrected chi connectivity index (χ0v) is 13.0. The molecule has 2 heteroatoms. The van der Waals surface area contributed by atoms with Gasteiger partial charge in [-0.25, -0.2) is 0 Å². The van der Waals surface area contributed by atoms with Gasteiger partial charge in [0.2, 0.25) is 0 Å². The Balaban J connectivity index is 1.68. The van der Waals surface area contributed by atoms with Crippen LogP contribution in [0.5, 0.6) is 0 Å². The predicted octanol–water partition coefficient (Wildman–Crippen LogP) is 3.56. The second-order valence-electron chi connectivity index (χ2n) is 6.92. The number of nitrogens with zero attached hydrogens (tertiary/aromatic N) is 1. The number of hydrogen-bond acceptors (Lipinski definition) is 2. The molecule has 1 spiro atoms. The summed E-state index contributed by atoms with van der Waals surface area (Å²) >= 11 is 0. The highest BCUT2D eigenvalue weighted by Gasteiger charge is 2.50. The first kappa shape index (κ1) is 13.7. The fraction of sp³-hybridized carbons (Fsp3) is 0.556. The Labute approximate surface area is 122 Å². The second kappa shape index (κ2) is 4.92. The van der Waals surface area contributed by atoms with Crippen LogP contribution in [0.1, 0.15) is 29.5 Å². The van der Waals surface area contributed by atoms with Crippen molar-refractivity contribution < 1.29 is 0 Å². The SMILES string of the molecule is C=Cc1ccc(CC2CC3(C2)CN(C)C3)c(C)c1NC. The van der Waals surface area contributed by atoms with Gasteiger partial charge >= 0.3 is 0 Å². The third-order valence-electron chi connectivity index (χ3n) is 5.24. The summed E-state index contributed by atoms with van der Waals surface area (Å²) in [5, 5.41) is 3.33. The molecule has 1 aliphatic heterocycles. The molecule has 1 aromatic carbocycles. The van der Waals surface area contributed by atoms with Crippen molar-refractivity contribution in [3.63, 3.8) is 0 Å². The minimum absolute atomic E-state index is 0.695. The molecular weight excluding hydrogens is 244 g/mol. The van der Waals surface area contributed by atoms with E-state index < -0.39 is 0 Å². The minimum Gasteiger partial charge on any atom is -0.387 e. The van der Waals surface area contributed by atoms with Crippen LogP contribution < -0.4 is 5.32 Å². The summed E-state index contributed by atoms with van der Waals surface area (Å²) in [7, 11) is 4.23. The van der Waals surface area contributed by atoms with Gasteiger partial charge in [0.25, 0.3) is 0 Å². The molecule has 1 saturated heterocycles. The molecule has 108 valence electrons. The second-order valence-corrected chi connectivity index (χ2v) is 6.92. The van der Waals surface area contributed by atoms with Crippen LogP contribution in [0.25, 0.3) is 6.08 Å². The van der Waals surface area contributed by atoms with Gasteiger partial charge < -0.3 is 10.2 Å². The van der Waals surface area contributed by atoms with E-state index >= 15 is 0 Å². The summed E-state index contributed by atoms with van der Waals surface area (Å²) in [4.78, 5) is 2.44. The molecule has 2 nitrogen and oxygen atoms in total. The zero-order valence-electron chi connectivity index (χ0n) is 13.0. The van der Waals surface area contributed by atoms with E-state index in [1.165, 1.54) is 54.7 Å². The Bertz CT molecular complexity index is 518. The largest absolute Gasteiger partial charge is 0.387 e. The number of anilines is 1. The smallest absolute Gasteiger partial charge is 0.0443 e. The fourth-order valence-electron chi connectivity index (χ4n) is 4.48. The van der Waals surface area contributed by atoms with Crippen molar-refractivity contribution in [3.8, 4) is 0 Å². The molecule has 0 amide bonds. The maximum atomic E-state index is 3.90. The van der Waals surface area contributed by atoms with Gasteiger partial charge in [0.15, 0.2) is 0 Å². The van der Waals surface area contributed by atoms with Crippen LogP contribution in [0.4, 0.5) is 5.69 Å². The summed E-state index contributed by atoms with van der Waals surface area (Å²) in [5.74, 6) is 0.890. The van der Waals surface area contributed by atoms with Crippen molar-refractivity contribution in [2.75, 3.05) is 32.5 Å². The summed E-state index contributed by atoms with van der Waals surface area (Å²) < 4.78 is 0. The van der Waals surface area contributed by atoms with E-state index in [9.17, 15) is 0 Å². The molecule has 0 atom stereocenters. The molecule has 1 N–H and O–H groups in total. The normalized spacial score (nSPS) is 21.4. The van der Waals surface area contributed by atoms with Gasteiger partial charge in [-0.3, -0.25) is 0 Å². The van der Waals surface area contributed by atoms with E-state index in [2.05, 4.69) is 42.9 Å². The number of hydrogen-bond donors (Lipinski definition) is 1. The highest BCUT2D eigenvalue weighted by molar-refractivity contribution is 5.70. The number of rotatable bonds is 4. The molecule has 1 heterocycles. The maximum Gasteiger partial charge on any atom is 0.0443 e. The predicted molar refractivity (Wildman–Crippen MR) is 87.2 cm³/mol. The molecule has 3 rings (SSSR count). The van der Waals surface area contributed by atoms with Gasteiger partial charge in [0, 0.05) is 25.8 Å². The molecular formula is C18H26N2. The van der Waals surface area contributed by atoms with Crippen molar-refractivity contribution >= 4 is 11.8 Å². The standard InChI is InChI=1S/C18H26N2/c1-5-15-6-7-16(13(2)17(15)19-3)8-14-9-18(10-14)11-20(4)12-18/h5-7,14,19H,1,8-12H2,2-4H3. The van der Waals surface area contributed by atoms with Crippen LogP contribution >= 0.6 is 0 Å². The molecule has 1 aliphatic carbocycles. The summed E-state index contributed by atoms with van der Waals surface area (Å²) in [6.07, 6.45) is 6.03. The summed E-state index contributed by atoms with van der Waals surface area (Å²) in [6, 6.07) is 4.50. The number of benzene rings is 1. The van der Waals surface area contributed by atoms with Gasteiger partial charge in [-0.2, -0.15) is 0 Å². The molecule has 1 saturated carbocycles. The quantitative estimate of drug-likeness (QED) is 0.900. The van der Waals surface area contributed by atoms with E-state index in [4.69, 9.17) is 0 Å². The molecule has 2 aliphatic rings. The Kier molecular flexibility index (Phi) is 3.37. The van der Waals surface area contributed by atoms with Crippen LogP contribution in [0, 0.1) is 18.3 Å². The van der Waals surface area contributed by atoms with Crippen molar-refractivity contribution in [1.29, 1.82) is 0 Å². The van der Waals surface area contributed by atoms with Crippen LogP contribution in [0.3, 0.4) is 0 Å². The van der Waals surface area contributed by atoms with Crippen LogP contribution in [0.2, 0.25) is 0 Å². The average Bonchev–Trinajstić information content (AvgIpc) is 2.36. The van der Waals surface area contributed by atoms with Crippen LogP contribution in [0.15, 0.2) is 18.7 Å². The molecule has 20 heavy (non-hydrogen) atoms. The van der Waals surface area contributed by atoms with Gasteiger partial charge in [0.05, 0.1) is 0 Å². The monoisotopic (exact) mass is 270 g/mol. The van der Waals surface area contributed by atoms with Gasteiger partial charge in [-0.1, -0.05) is 24.8 Å². The van der Waals surface area contributed by atoms with E-state index in [0.717, 1.165) is 5.92 Å². The van der Waals surface area contributed by atoms with E-state index in [1.807, 2.05) is 13.1 Å². The number of nitrogens with one attached hydrogen (secondary N) is 1. The van der Waals surface area contributed by atoms with E-state index in [1.54, 1.807) is 0 Å². The summed E-state index contributed by atoms with van der Waals surface area (Å²) in [5.41, 5.74) is 6.05. The first-order chi connectivity index (χ1) is 9.57. The molecule has 0 bridgehead atoms. The minimum atomic E-state index is 0.695. The van der Waals surface area contributed by atoms with E-state index in [0.29, 0.717) is 5.41 Å². The zero-order chi connectivity index (χ0) is 14.3. The number of likely N-dealkylation sites (tertiary alicyclic amines) is 1. The lowest BCUT2D eigenvalue weighted by molar-refractivity contribution is -0.0810. The average molecular weight is 270 g/mol. The topological polar surface area (TPSA) is 15.3 Å². The van der Waals surface area contributed by atoms with Crippen LogP contribution in [-0.4, -0.2) is 32.1 Å². The molecule has 2 fully saturated rings. The van der Waals surface area contributed by atoms with Gasteiger partial charge in [-0.05, 0) is 61.3 Å². The summed E-state index contributed by atoms with van der Waals surface area (Å²) in [6.45, 7) is 8.77. The lowest BCUT2D eigenvalue weighted by Gasteiger charge is -2.58. The fourth-order valence-corrected chi connectivity index (χ4v) is 4.48. The van der Waals surface area contributed by atoms with Crippen molar-refractivity contribution in [3.05, 3.63) is 35.4 Å². The lowest BCUT2D eigenvalue weighted by Crippen LogP contribution is -2.60. The highest BCUT2D eigenvalue weighted by atomic mass is 15.2. The first-order valence-electron chi connectivity index (χ1n) is 7.68. The Morgan fingerprint density at radius 2 is 2.10 bits per heavy atom. The first-order valence-corrected chi connectivity index (χ1v) is 7.68. The molecule has 0 radical (unpaired) electrons. The lowest BCUT2D eigenvalue weighted by atomic mass is 9.56. The van der Waals surface area contributed by atoms with Gasteiger partial charge in [-0.15, -0.1) is 0 Å². The van der Waals surface area contributed by atoms with Crippen molar-refractivity contribution in [1.82, 2.24) is 4.90 Å². The Hall–Kier alpha value is -1.28. The Morgan fingerprint density at radius 1 is 1.40 bits per heavy atom. The molecule has 0 aromatic heterocycles. The van der Waals surface area contributed by atoms with Crippen LogP contribution in [-0.2, 0) is 6.42 Å². The highest BCUT2D eigenvalue weighted by Crippen LogP contribution is 2.52. The maximum absolute atomic E-state index is 3.90. The van der Waals surface area contributed by atoms with Gasteiger partial charge in [0.1, 0.15) is 0 Å².